The third kappa shape index (κ3) is 4.11. The van der Waals surface area contributed by atoms with E-state index in [-0.39, 0.29) is 5.88 Å². The van der Waals surface area contributed by atoms with Crippen LogP contribution in [0.3, 0.4) is 0 Å². The summed E-state index contributed by atoms with van der Waals surface area (Å²) in [5.41, 5.74) is 2.93. The number of amides is 1. The lowest BCUT2D eigenvalue weighted by Gasteiger charge is -2.13. The van der Waals surface area contributed by atoms with Gasteiger partial charge in [-0.25, -0.2) is 9.78 Å². The largest absolute Gasteiger partial charge is 0.419 e. The minimum absolute atomic E-state index is 0.177. The van der Waals surface area contributed by atoms with Gasteiger partial charge >= 0.3 is 6.09 Å². The molecule has 0 bridgehead atoms. The molecule has 0 saturated heterocycles. The Morgan fingerprint density at radius 1 is 1.16 bits per heavy atom. The van der Waals surface area contributed by atoms with Crippen molar-refractivity contribution in [1.29, 1.82) is 0 Å². The van der Waals surface area contributed by atoms with Gasteiger partial charge in [0, 0.05) is 31.2 Å². The highest BCUT2D eigenvalue weighted by Crippen LogP contribution is 2.27. The van der Waals surface area contributed by atoms with Gasteiger partial charge in [-0.3, -0.25) is 15.0 Å². The fourth-order valence-electron chi connectivity index (χ4n) is 2.17. The molecule has 8 nitrogen and oxygen atoms in total. The Labute approximate surface area is 144 Å². The van der Waals surface area contributed by atoms with Crippen LogP contribution in [0.15, 0.2) is 42.7 Å². The fraction of sp³-hybridized carbons (Fsp3) is 0.176. The number of aryl methyl sites for hydroxylation is 3. The minimum atomic E-state index is -0.664. The number of pyridine rings is 2. The van der Waals surface area contributed by atoms with Crippen LogP contribution in [-0.4, -0.2) is 25.8 Å². The number of carbonyl (C=O) groups is 1. The predicted octanol–water partition coefficient (Wildman–Crippen LogP) is 3.18. The van der Waals surface area contributed by atoms with Crippen LogP contribution in [0.5, 0.6) is 5.88 Å². The Morgan fingerprint density at radius 2 is 2.00 bits per heavy atom. The number of nitrogens with one attached hydrogen (secondary N) is 2. The molecule has 8 heteroatoms. The van der Waals surface area contributed by atoms with Crippen LogP contribution >= 0.6 is 0 Å². The van der Waals surface area contributed by atoms with Crippen LogP contribution in [0, 0.1) is 13.8 Å². The van der Waals surface area contributed by atoms with Crippen molar-refractivity contribution in [1.82, 2.24) is 19.7 Å². The first-order valence-electron chi connectivity index (χ1n) is 7.66. The van der Waals surface area contributed by atoms with Crippen molar-refractivity contribution in [2.75, 3.05) is 10.6 Å². The van der Waals surface area contributed by atoms with Crippen LogP contribution < -0.4 is 15.4 Å². The summed E-state index contributed by atoms with van der Waals surface area (Å²) in [7, 11) is 1.76. The monoisotopic (exact) mass is 338 g/mol. The molecule has 0 unspecified atom stereocenters. The Bertz CT molecular complexity index is 906. The average molecular weight is 338 g/mol. The van der Waals surface area contributed by atoms with Gasteiger partial charge in [-0.2, -0.15) is 5.10 Å². The van der Waals surface area contributed by atoms with Gasteiger partial charge in [0.05, 0.1) is 11.4 Å². The van der Waals surface area contributed by atoms with E-state index in [1.54, 1.807) is 36.3 Å². The van der Waals surface area contributed by atoms with Gasteiger partial charge in [0.25, 0.3) is 0 Å². The SMILES string of the molecule is Cc1ccc(Nc2cccnc2C)c(OC(=O)Nc2ccn(C)n2)n1. The molecule has 0 atom stereocenters. The molecular formula is C17H18N6O2. The first kappa shape index (κ1) is 16.4. The number of aromatic nitrogens is 4. The first-order valence-corrected chi connectivity index (χ1v) is 7.66. The fourth-order valence-corrected chi connectivity index (χ4v) is 2.17. The highest BCUT2D eigenvalue weighted by molar-refractivity contribution is 5.86. The molecule has 0 saturated carbocycles. The molecule has 0 radical (unpaired) electrons. The summed E-state index contributed by atoms with van der Waals surface area (Å²) in [5.74, 6) is 0.578. The molecule has 25 heavy (non-hydrogen) atoms. The molecule has 0 aliphatic carbocycles. The van der Waals surface area contributed by atoms with Gasteiger partial charge in [0.1, 0.15) is 5.69 Å². The molecular weight excluding hydrogens is 320 g/mol. The number of hydrogen-bond donors (Lipinski definition) is 2. The number of hydrogen-bond acceptors (Lipinski definition) is 6. The third-order valence-corrected chi connectivity index (χ3v) is 3.41. The standard InChI is InChI=1S/C17H18N6O2/c1-11-6-7-14(20-13-5-4-9-18-12(13)2)16(19-11)25-17(24)21-15-8-10-23(3)22-15/h4-10,20H,1-3H3,(H,21,22,24). The maximum absolute atomic E-state index is 12.1. The van der Waals surface area contributed by atoms with Crippen molar-refractivity contribution in [3.63, 3.8) is 0 Å². The molecule has 128 valence electrons. The Kier molecular flexibility index (Phi) is 4.60. The number of carbonyl (C=O) groups excluding carboxylic acids is 1. The van der Waals surface area contributed by atoms with Crippen molar-refractivity contribution < 1.29 is 9.53 Å². The first-order chi connectivity index (χ1) is 12.0. The summed E-state index contributed by atoms with van der Waals surface area (Å²) in [6, 6.07) is 9.02. The average Bonchev–Trinajstić information content (AvgIpc) is 2.96. The third-order valence-electron chi connectivity index (χ3n) is 3.41. The van der Waals surface area contributed by atoms with Crippen molar-refractivity contribution in [2.24, 2.45) is 7.05 Å². The second kappa shape index (κ2) is 7.00. The van der Waals surface area contributed by atoms with E-state index >= 15 is 0 Å². The van der Waals surface area contributed by atoms with Gasteiger partial charge in [-0.15, -0.1) is 0 Å². The molecule has 3 aromatic heterocycles. The maximum Gasteiger partial charge on any atom is 0.419 e. The Morgan fingerprint density at radius 3 is 2.72 bits per heavy atom. The second-order valence-electron chi connectivity index (χ2n) is 5.46. The van der Waals surface area contributed by atoms with E-state index in [4.69, 9.17) is 4.74 Å². The molecule has 2 N–H and O–H groups in total. The second-order valence-corrected chi connectivity index (χ2v) is 5.46. The van der Waals surface area contributed by atoms with E-state index in [2.05, 4.69) is 25.7 Å². The Balaban J connectivity index is 1.79. The lowest BCUT2D eigenvalue weighted by atomic mass is 10.3. The highest BCUT2D eigenvalue weighted by atomic mass is 16.6. The summed E-state index contributed by atoms with van der Waals surface area (Å²) in [6.45, 7) is 3.71. The summed E-state index contributed by atoms with van der Waals surface area (Å²) < 4.78 is 6.94. The zero-order valence-electron chi connectivity index (χ0n) is 14.1. The van der Waals surface area contributed by atoms with Crippen molar-refractivity contribution in [3.05, 3.63) is 54.1 Å². The van der Waals surface area contributed by atoms with Crippen molar-refractivity contribution >= 4 is 23.3 Å². The Hall–Kier alpha value is -3.42. The van der Waals surface area contributed by atoms with E-state index in [1.807, 2.05) is 32.0 Å². The van der Waals surface area contributed by atoms with Gasteiger partial charge in [-0.1, -0.05) is 0 Å². The van der Waals surface area contributed by atoms with Gasteiger partial charge in [0.15, 0.2) is 5.82 Å². The molecule has 3 heterocycles. The number of nitrogens with zero attached hydrogens (tertiary/aromatic N) is 4. The summed E-state index contributed by atoms with van der Waals surface area (Å²) >= 11 is 0. The topological polar surface area (TPSA) is 94.0 Å². The minimum Gasteiger partial charge on any atom is -0.389 e. The van der Waals surface area contributed by atoms with E-state index < -0.39 is 6.09 Å². The number of anilines is 3. The van der Waals surface area contributed by atoms with E-state index in [0.717, 1.165) is 17.1 Å². The number of rotatable bonds is 4. The lowest BCUT2D eigenvalue weighted by molar-refractivity contribution is 0.213. The van der Waals surface area contributed by atoms with E-state index in [9.17, 15) is 4.79 Å². The summed E-state index contributed by atoms with van der Waals surface area (Å²) in [5, 5.41) is 9.82. The molecule has 0 spiro atoms. The van der Waals surface area contributed by atoms with Gasteiger partial charge < -0.3 is 10.1 Å². The van der Waals surface area contributed by atoms with Crippen LogP contribution in [0.25, 0.3) is 0 Å². The van der Waals surface area contributed by atoms with Crippen LogP contribution in [0.1, 0.15) is 11.4 Å². The summed E-state index contributed by atoms with van der Waals surface area (Å²) in [6.07, 6.45) is 2.77. The predicted molar refractivity (Wildman–Crippen MR) is 94.1 cm³/mol. The maximum atomic E-state index is 12.1. The van der Waals surface area contributed by atoms with Gasteiger partial charge in [0.2, 0.25) is 5.88 Å². The highest BCUT2D eigenvalue weighted by Gasteiger charge is 2.13. The van der Waals surface area contributed by atoms with Crippen molar-refractivity contribution in [2.45, 2.75) is 13.8 Å². The number of ether oxygens (including phenoxy) is 1. The van der Waals surface area contributed by atoms with Gasteiger partial charge in [-0.05, 0) is 38.1 Å². The summed E-state index contributed by atoms with van der Waals surface area (Å²) in [4.78, 5) is 20.6. The lowest BCUT2D eigenvalue weighted by Crippen LogP contribution is -2.18. The molecule has 0 aromatic carbocycles. The van der Waals surface area contributed by atoms with Crippen LogP contribution in [0.2, 0.25) is 0 Å². The normalized spacial score (nSPS) is 10.4. The zero-order chi connectivity index (χ0) is 17.8. The molecule has 3 rings (SSSR count). The molecule has 1 amide bonds. The molecule has 0 aliphatic rings. The van der Waals surface area contributed by atoms with E-state index in [1.165, 1.54) is 0 Å². The molecule has 0 fully saturated rings. The molecule has 0 aliphatic heterocycles. The van der Waals surface area contributed by atoms with Crippen LogP contribution in [0.4, 0.5) is 22.0 Å². The molecule has 3 aromatic rings. The van der Waals surface area contributed by atoms with E-state index in [0.29, 0.717) is 11.5 Å². The zero-order valence-corrected chi connectivity index (χ0v) is 14.1. The quantitative estimate of drug-likeness (QED) is 0.759. The smallest absolute Gasteiger partial charge is 0.389 e. The van der Waals surface area contributed by atoms with Crippen LogP contribution in [-0.2, 0) is 7.05 Å². The van der Waals surface area contributed by atoms with Crippen molar-refractivity contribution in [3.8, 4) is 5.88 Å².